The van der Waals surface area contributed by atoms with Crippen LogP contribution in [-0.4, -0.2) is 47.4 Å². The predicted molar refractivity (Wildman–Crippen MR) is 356 cm³/mol. The first kappa shape index (κ1) is 79.3. The quantitative estimate of drug-likeness (QED) is 0.0320. The Kier molecular flexibility index (Phi) is 69.4. The molecule has 6 heteroatoms. The number of aliphatic hydroxyl groups is 2. The molecule has 0 fully saturated rings. The molecule has 0 aromatic carbocycles. The third kappa shape index (κ3) is 67.3. The van der Waals surface area contributed by atoms with E-state index in [1.54, 1.807) is 0 Å². The van der Waals surface area contributed by atoms with Gasteiger partial charge in [-0.3, -0.25) is 9.59 Å². The van der Waals surface area contributed by atoms with Gasteiger partial charge in [-0.1, -0.05) is 378 Å². The van der Waals surface area contributed by atoms with Gasteiger partial charge in [-0.05, 0) is 51.4 Å². The summed E-state index contributed by atoms with van der Waals surface area (Å²) in [7, 11) is 0. The number of amides is 1. The van der Waals surface area contributed by atoms with Crippen LogP contribution in [0.2, 0.25) is 0 Å². The smallest absolute Gasteiger partial charge is 0.305 e. The highest BCUT2D eigenvalue weighted by atomic mass is 16.5. The van der Waals surface area contributed by atoms with Crippen molar-refractivity contribution in [3.8, 4) is 0 Å². The zero-order chi connectivity index (χ0) is 58.5. The van der Waals surface area contributed by atoms with Gasteiger partial charge in [0.25, 0.3) is 0 Å². The second-order valence-electron chi connectivity index (χ2n) is 25.6. The molecule has 6 nitrogen and oxygen atoms in total. The van der Waals surface area contributed by atoms with E-state index in [-0.39, 0.29) is 18.5 Å². The van der Waals surface area contributed by atoms with Crippen molar-refractivity contribution < 1.29 is 24.5 Å². The molecule has 2 atom stereocenters. The van der Waals surface area contributed by atoms with Gasteiger partial charge in [0.05, 0.1) is 25.4 Å². The molecule has 0 aliphatic carbocycles. The SMILES string of the molecule is CCCC/C=C\C/C=C\CCCCCCCC(=O)OCCCCCCCCCCCCCCCCCCCCCCCCCCCCCCCCC(=O)NC(CO)C(O)CCCCCCCCCCCCCCCCCCCCCC. The molecule has 81 heavy (non-hydrogen) atoms. The molecule has 0 bridgehead atoms. The van der Waals surface area contributed by atoms with E-state index in [1.165, 1.54) is 334 Å². The molecule has 0 aromatic rings. The number of esters is 1. The van der Waals surface area contributed by atoms with E-state index in [1.807, 2.05) is 0 Å². The largest absolute Gasteiger partial charge is 0.466 e. The van der Waals surface area contributed by atoms with Crippen LogP contribution in [0.1, 0.15) is 418 Å². The molecule has 0 radical (unpaired) electrons. The summed E-state index contributed by atoms with van der Waals surface area (Å²) in [5, 5.41) is 23.4. The number of nitrogens with one attached hydrogen (secondary N) is 1. The summed E-state index contributed by atoms with van der Waals surface area (Å²) >= 11 is 0. The predicted octanol–water partition coefficient (Wildman–Crippen LogP) is 24.1. The van der Waals surface area contributed by atoms with E-state index < -0.39 is 12.1 Å². The Bertz CT molecular complexity index is 1270. The lowest BCUT2D eigenvalue weighted by atomic mass is 10.0. The summed E-state index contributed by atoms with van der Waals surface area (Å²) in [6.45, 7) is 4.95. The third-order valence-electron chi connectivity index (χ3n) is 17.5. The van der Waals surface area contributed by atoms with E-state index in [9.17, 15) is 19.8 Å². The van der Waals surface area contributed by atoms with Gasteiger partial charge >= 0.3 is 5.97 Å². The molecule has 0 saturated carbocycles. The number of ether oxygens (including phenoxy) is 1. The van der Waals surface area contributed by atoms with Gasteiger partial charge in [0.15, 0.2) is 0 Å². The summed E-state index contributed by atoms with van der Waals surface area (Å²) in [5.41, 5.74) is 0. The fraction of sp³-hybridized carbons (Fsp3) is 0.920. The zero-order valence-corrected chi connectivity index (χ0v) is 55.0. The van der Waals surface area contributed by atoms with Crippen LogP contribution in [0.5, 0.6) is 0 Å². The third-order valence-corrected chi connectivity index (χ3v) is 17.5. The van der Waals surface area contributed by atoms with Gasteiger partial charge in [0.2, 0.25) is 5.91 Å². The number of aliphatic hydroxyl groups excluding tert-OH is 2. The highest BCUT2D eigenvalue weighted by Gasteiger charge is 2.20. The molecular formula is C75H145NO5. The van der Waals surface area contributed by atoms with Crippen LogP contribution >= 0.6 is 0 Å². The number of carbonyl (C=O) groups is 2. The lowest BCUT2D eigenvalue weighted by Gasteiger charge is -2.22. The minimum absolute atomic E-state index is 0.00619. The molecule has 0 heterocycles. The highest BCUT2D eigenvalue weighted by molar-refractivity contribution is 5.76. The normalized spacial score (nSPS) is 12.6. The summed E-state index contributed by atoms with van der Waals surface area (Å²) in [4.78, 5) is 24.6. The van der Waals surface area contributed by atoms with Crippen LogP contribution in [0.15, 0.2) is 24.3 Å². The van der Waals surface area contributed by atoms with Crippen LogP contribution < -0.4 is 5.32 Å². The van der Waals surface area contributed by atoms with E-state index in [4.69, 9.17) is 4.74 Å². The Morgan fingerprint density at radius 2 is 0.630 bits per heavy atom. The molecule has 0 aliphatic heterocycles. The van der Waals surface area contributed by atoms with E-state index in [0.717, 1.165) is 51.4 Å². The van der Waals surface area contributed by atoms with E-state index in [2.05, 4.69) is 43.5 Å². The minimum atomic E-state index is -0.662. The monoisotopic (exact) mass is 1140 g/mol. The number of unbranched alkanes of at least 4 members (excludes halogenated alkanes) is 55. The molecule has 1 amide bonds. The van der Waals surface area contributed by atoms with Crippen LogP contribution in [-0.2, 0) is 14.3 Å². The molecule has 480 valence electrons. The Hall–Kier alpha value is -1.66. The lowest BCUT2D eigenvalue weighted by Crippen LogP contribution is -2.45. The highest BCUT2D eigenvalue weighted by Crippen LogP contribution is 2.20. The maximum Gasteiger partial charge on any atom is 0.305 e. The van der Waals surface area contributed by atoms with Crippen LogP contribution in [0.4, 0.5) is 0 Å². The summed E-state index contributed by atoms with van der Waals surface area (Å²) in [6.07, 6.45) is 89.6. The molecule has 0 rings (SSSR count). The van der Waals surface area contributed by atoms with Gasteiger partial charge in [-0.2, -0.15) is 0 Å². The Morgan fingerprint density at radius 3 is 0.975 bits per heavy atom. The molecule has 0 saturated heterocycles. The summed E-state index contributed by atoms with van der Waals surface area (Å²) in [5.74, 6) is -0.0202. The van der Waals surface area contributed by atoms with Crippen molar-refractivity contribution in [1.82, 2.24) is 5.32 Å². The second-order valence-corrected chi connectivity index (χ2v) is 25.6. The van der Waals surface area contributed by atoms with Crippen molar-refractivity contribution in [2.24, 2.45) is 0 Å². The molecule has 0 aliphatic rings. The standard InChI is InChI=1S/C75H145NO5/c1-3-5-7-9-11-13-15-17-19-20-21-34-37-40-43-47-51-55-59-63-67-73(78)72(71-77)76-74(79)68-64-60-56-52-48-44-41-38-35-32-30-28-26-24-22-23-25-27-29-31-33-36-39-42-46-50-54-58-62-66-70-81-75(80)69-65-61-57-53-49-45-18-16-14-12-10-8-6-4-2/h10,12,16,18,72-73,77-78H,3-9,11,13-15,17,19-71H2,1-2H3,(H,76,79)/b12-10-,18-16-. The van der Waals surface area contributed by atoms with Gasteiger partial charge in [-0.15, -0.1) is 0 Å². The second kappa shape index (κ2) is 70.8. The first-order valence-electron chi connectivity index (χ1n) is 37.1. The van der Waals surface area contributed by atoms with E-state index >= 15 is 0 Å². The number of hydrogen-bond acceptors (Lipinski definition) is 5. The maximum absolute atomic E-state index is 12.6. The van der Waals surface area contributed by atoms with Crippen molar-refractivity contribution in [3.05, 3.63) is 24.3 Å². The van der Waals surface area contributed by atoms with Gasteiger partial charge < -0.3 is 20.3 Å². The van der Waals surface area contributed by atoms with Crippen molar-refractivity contribution >= 4 is 11.9 Å². The molecule has 0 spiro atoms. The fourth-order valence-corrected chi connectivity index (χ4v) is 11.8. The van der Waals surface area contributed by atoms with Crippen molar-refractivity contribution in [3.63, 3.8) is 0 Å². The number of hydrogen-bond donors (Lipinski definition) is 3. The molecule has 0 aromatic heterocycles. The maximum atomic E-state index is 12.6. The van der Waals surface area contributed by atoms with Gasteiger partial charge in [-0.25, -0.2) is 0 Å². The first-order chi connectivity index (χ1) is 40.0. The zero-order valence-electron chi connectivity index (χ0n) is 55.0. The Balaban J connectivity index is 3.34. The lowest BCUT2D eigenvalue weighted by molar-refractivity contribution is -0.143. The summed E-state index contributed by atoms with van der Waals surface area (Å²) < 4.78 is 5.49. The van der Waals surface area contributed by atoms with Gasteiger partial charge in [0.1, 0.15) is 0 Å². The van der Waals surface area contributed by atoms with Crippen LogP contribution in [0.3, 0.4) is 0 Å². The summed E-state index contributed by atoms with van der Waals surface area (Å²) in [6, 6.07) is -0.539. The number of rotatable bonds is 70. The molecular weight excluding hydrogens is 995 g/mol. The molecule has 3 N–H and O–H groups in total. The number of allylic oxidation sites excluding steroid dienone is 4. The van der Waals surface area contributed by atoms with Crippen LogP contribution in [0, 0.1) is 0 Å². The first-order valence-corrected chi connectivity index (χ1v) is 37.1. The fourth-order valence-electron chi connectivity index (χ4n) is 11.8. The van der Waals surface area contributed by atoms with Crippen molar-refractivity contribution in [2.45, 2.75) is 431 Å². The average Bonchev–Trinajstić information content (AvgIpc) is 3.47. The Labute approximate surface area is 507 Å². The average molecular weight is 1140 g/mol. The van der Waals surface area contributed by atoms with E-state index in [0.29, 0.717) is 25.9 Å². The van der Waals surface area contributed by atoms with Crippen molar-refractivity contribution in [2.75, 3.05) is 13.2 Å². The molecule has 2 unspecified atom stereocenters. The number of carbonyl (C=O) groups excluding carboxylic acids is 2. The topological polar surface area (TPSA) is 95.9 Å². The van der Waals surface area contributed by atoms with Crippen LogP contribution in [0.25, 0.3) is 0 Å². The Morgan fingerprint density at radius 1 is 0.346 bits per heavy atom. The minimum Gasteiger partial charge on any atom is -0.466 e. The van der Waals surface area contributed by atoms with Crippen molar-refractivity contribution in [1.29, 1.82) is 0 Å². The van der Waals surface area contributed by atoms with Gasteiger partial charge in [0, 0.05) is 12.8 Å².